The van der Waals surface area contributed by atoms with Crippen molar-refractivity contribution < 1.29 is 24.3 Å². The molecule has 0 bridgehead atoms. The number of nitrogens with two attached hydrogens (primary N) is 1. The van der Waals surface area contributed by atoms with Crippen molar-refractivity contribution in [1.82, 2.24) is 14.9 Å². The number of nitrogen functional groups attached to an aromatic ring is 1. The molecule has 2 unspecified atom stereocenters. The van der Waals surface area contributed by atoms with Crippen molar-refractivity contribution in [3.05, 3.63) is 71.3 Å². The minimum Gasteiger partial charge on any atom is -0.481 e. The molecular weight excluding hydrogens is 438 g/mol. The molecule has 1 fully saturated rings. The highest BCUT2D eigenvalue weighted by Gasteiger charge is 2.58. The van der Waals surface area contributed by atoms with Crippen LogP contribution in [0.1, 0.15) is 49.9 Å². The predicted octanol–water partition coefficient (Wildman–Crippen LogP) is 2.45. The Bertz CT molecular complexity index is 1130. The molecule has 0 aliphatic carbocycles. The van der Waals surface area contributed by atoms with Crippen LogP contribution in [-0.4, -0.2) is 56.2 Å². The minimum absolute atomic E-state index is 0.137. The topological polar surface area (TPSA) is 148 Å². The van der Waals surface area contributed by atoms with E-state index in [0.717, 1.165) is 10.0 Å². The number of aliphatic carboxylic acids is 1. The molecule has 2 atom stereocenters. The summed E-state index contributed by atoms with van der Waals surface area (Å²) >= 11 is 0. The first kappa shape index (κ1) is 24.4. The summed E-state index contributed by atoms with van der Waals surface area (Å²) in [5, 5.41) is 18.8. The Labute approximate surface area is 197 Å². The third kappa shape index (κ3) is 4.09. The molecule has 1 aliphatic heterocycles. The van der Waals surface area contributed by atoms with Gasteiger partial charge in [-0.05, 0) is 25.0 Å². The third-order valence-corrected chi connectivity index (χ3v) is 6.02. The Kier molecular flexibility index (Phi) is 6.71. The maximum Gasteiger partial charge on any atom is 0.347 e. The number of nitrogens with zero attached hydrogens (tertiary/aromatic N) is 3. The highest BCUT2D eigenvalue weighted by molar-refractivity contribution is 6.08. The van der Waals surface area contributed by atoms with Crippen molar-refractivity contribution in [2.24, 2.45) is 5.73 Å². The van der Waals surface area contributed by atoms with Gasteiger partial charge in [0.1, 0.15) is 11.4 Å². The van der Waals surface area contributed by atoms with Crippen LogP contribution < -0.4 is 5.73 Å². The highest BCUT2D eigenvalue weighted by atomic mass is 16.4. The number of carbonyl (C=O) groups excluding carboxylic acids is 3. The van der Waals surface area contributed by atoms with Gasteiger partial charge < -0.3 is 15.7 Å². The van der Waals surface area contributed by atoms with Gasteiger partial charge in [-0.1, -0.05) is 54.6 Å². The smallest absolute Gasteiger partial charge is 0.347 e. The molecule has 34 heavy (non-hydrogen) atoms. The molecule has 10 heteroatoms. The van der Waals surface area contributed by atoms with Gasteiger partial charge in [-0.2, -0.15) is 5.01 Å². The van der Waals surface area contributed by atoms with Crippen LogP contribution >= 0.6 is 0 Å². The van der Waals surface area contributed by atoms with E-state index >= 15 is 0 Å². The van der Waals surface area contributed by atoms with Gasteiger partial charge in [-0.15, -0.1) is 0 Å². The molecule has 0 saturated carbocycles. The normalized spacial score (nSPS) is 18.7. The summed E-state index contributed by atoms with van der Waals surface area (Å²) < 4.78 is 0. The average Bonchev–Trinajstić information content (AvgIpc) is 2.99. The van der Waals surface area contributed by atoms with E-state index in [2.05, 4.69) is 0 Å². The predicted molar refractivity (Wildman–Crippen MR) is 123 cm³/mol. The van der Waals surface area contributed by atoms with E-state index in [0.29, 0.717) is 16.7 Å². The number of rotatable bonds is 8. The second kappa shape index (κ2) is 9.34. The van der Waals surface area contributed by atoms with Crippen molar-refractivity contribution in [1.29, 1.82) is 5.41 Å². The second-order valence-corrected chi connectivity index (χ2v) is 8.09. The standard InChI is InChI=1S/C24H27N5O5/c1-4-27-23(34)29(22(33)24(27,3)18-12-10-17(11-13-18)21(25)26)28(15(2)30)19(14-20(31)32)16-8-6-5-7-9-16/h5-13,19H,4,14H2,1-3H3,(H3,25,26)(H,31,32). The lowest BCUT2D eigenvalue weighted by atomic mass is 9.89. The van der Waals surface area contributed by atoms with Gasteiger partial charge in [-0.25, -0.2) is 9.80 Å². The first-order valence-electron chi connectivity index (χ1n) is 10.7. The number of carboxylic acids is 1. The molecule has 178 valence electrons. The van der Waals surface area contributed by atoms with Crippen LogP contribution in [0.2, 0.25) is 0 Å². The van der Waals surface area contributed by atoms with E-state index in [1.807, 2.05) is 0 Å². The van der Waals surface area contributed by atoms with Crippen LogP contribution in [0.3, 0.4) is 0 Å². The molecule has 0 radical (unpaired) electrons. The molecule has 0 spiro atoms. The van der Waals surface area contributed by atoms with Gasteiger partial charge in [-0.3, -0.25) is 19.8 Å². The molecule has 2 aromatic rings. The zero-order valence-corrected chi connectivity index (χ0v) is 19.2. The molecule has 3 rings (SSSR count). The van der Waals surface area contributed by atoms with Crippen LogP contribution in [0, 0.1) is 5.41 Å². The average molecular weight is 466 g/mol. The van der Waals surface area contributed by atoms with Crippen LogP contribution in [0.25, 0.3) is 0 Å². The van der Waals surface area contributed by atoms with Crippen molar-refractivity contribution in [2.75, 3.05) is 6.54 Å². The van der Waals surface area contributed by atoms with Crippen LogP contribution in [0.15, 0.2) is 54.6 Å². The Morgan fingerprint density at radius 3 is 2.18 bits per heavy atom. The van der Waals surface area contributed by atoms with E-state index in [1.54, 1.807) is 68.4 Å². The number of amides is 4. The lowest BCUT2D eigenvalue weighted by molar-refractivity contribution is -0.162. The molecule has 1 heterocycles. The number of likely N-dealkylation sites (N-methyl/N-ethyl adjacent to an activating group) is 1. The summed E-state index contributed by atoms with van der Waals surface area (Å²) in [6.07, 6.45) is -0.503. The number of hydrogen-bond donors (Lipinski definition) is 3. The molecule has 1 saturated heterocycles. The summed E-state index contributed by atoms with van der Waals surface area (Å²) in [4.78, 5) is 53.2. The number of imide groups is 1. The Morgan fingerprint density at radius 1 is 1.12 bits per heavy atom. The molecule has 10 nitrogen and oxygen atoms in total. The maximum absolute atomic E-state index is 13.8. The van der Waals surface area contributed by atoms with E-state index in [4.69, 9.17) is 11.1 Å². The second-order valence-electron chi connectivity index (χ2n) is 8.09. The van der Waals surface area contributed by atoms with E-state index in [-0.39, 0.29) is 12.4 Å². The quantitative estimate of drug-likeness (QED) is 0.310. The van der Waals surface area contributed by atoms with Gasteiger partial charge in [0.25, 0.3) is 5.91 Å². The lowest BCUT2D eigenvalue weighted by Gasteiger charge is -2.35. The van der Waals surface area contributed by atoms with E-state index in [1.165, 1.54) is 11.8 Å². The first-order chi connectivity index (χ1) is 16.0. The van der Waals surface area contributed by atoms with Gasteiger partial charge in [0.2, 0.25) is 5.91 Å². The fourth-order valence-corrected chi connectivity index (χ4v) is 4.30. The number of hydrogen-bond acceptors (Lipinski definition) is 5. The number of benzene rings is 2. The number of urea groups is 1. The zero-order valence-electron chi connectivity index (χ0n) is 19.2. The van der Waals surface area contributed by atoms with Gasteiger partial charge in [0, 0.05) is 19.0 Å². The SMILES string of the molecule is CCN1C(=O)N(N(C(C)=O)C(CC(=O)O)c2ccccc2)C(=O)C1(C)c1ccc(C(=N)N)cc1. The number of hydrazine groups is 1. The minimum atomic E-state index is -1.46. The first-order valence-corrected chi connectivity index (χ1v) is 10.7. The molecule has 1 aliphatic rings. The summed E-state index contributed by atoms with van der Waals surface area (Å²) in [5.41, 5.74) is 5.47. The van der Waals surface area contributed by atoms with Crippen molar-refractivity contribution in [3.8, 4) is 0 Å². The number of amidine groups is 1. The Morgan fingerprint density at radius 2 is 1.71 bits per heavy atom. The highest BCUT2D eigenvalue weighted by Crippen LogP contribution is 2.40. The summed E-state index contributed by atoms with van der Waals surface area (Å²) in [6, 6.07) is 13.0. The lowest BCUT2D eigenvalue weighted by Crippen LogP contribution is -2.52. The van der Waals surface area contributed by atoms with E-state index < -0.39 is 41.8 Å². The van der Waals surface area contributed by atoms with Crippen LogP contribution in [0.5, 0.6) is 0 Å². The fraction of sp³-hybridized carbons (Fsp3) is 0.292. The monoisotopic (exact) mass is 465 g/mol. The van der Waals surface area contributed by atoms with Crippen molar-refractivity contribution >= 4 is 29.7 Å². The molecular formula is C24H27N5O5. The van der Waals surface area contributed by atoms with Crippen LogP contribution in [-0.2, 0) is 19.9 Å². The Balaban J connectivity index is 2.13. The molecule has 2 aromatic carbocycles. The summed E-state index contributed by atoms with van der Waals surface area (Å²) in [7, 11) is 0. The largest absolute Gasteiger partial charge is 0.481 e. The molecule has 4 amide bonds. The number of carbonyl (C=O) groups is 4. The maximum atomic E-state index is 13.8. The van der Waals surface area contributed by atoms with Gasteiger partial charge >= 0.3 is 12.0 Å². The Hall–Kier alpha value is -4.21. The molecule has 0 aromatic heterocycles. The number of carboxylic acid groups (broad SMARTS) is 1. The number of nitrogens with one attached hydrogen (secondary N) is 1. The summed E-state index contributed by atoms with van der Waals surface area (Å²) in [6.45, 7) is 4.63. The summed E-state index contributed by atoms with van der Waals surface area (Å²) in [5.74, 6) is -2.66. The zero-order chi connectivity index (χ0) is 25.2. The van der Waals surface area contributed by atoms with E-state index in [9.17, 15) is 24.3 Å². The molecule has 4 N–H and O–H groups in total. The van der Waals surface area contributed by atoms with Crippen LogP contribution in [0.4, 0.5) is 4.79 Å². The fourth-order valence-electron chi connectivity index (χ4n) is 4.30. The van der Waals surface area contributed by atoms with Gasteiger partial charge in [0.05, 0.1) is 12.5 Å². The van der Waals surface area contributed by atoms with Gasteiger partial charge in [0.15, 0.2) is 0 Å². The van der Waals surface area contributed by atoms with Crippen molar-refractivity contribution in [3.63, 3.8) is 0 Å². The third-order valence-electron chi connectivity index (χ3n) is 6.02. The van der Waals surface area contributed by atoms with Crippen molar-refractivity contribution in [2.45, 2.75) is 38.8 Å².